The van der Waals surface area contributed by atoms with Crippen LogP contribution in [0.2, 0.25) is 0 Å². The van der Waals surface area contributed by atoms with Gasteiger partial charge in [0.2, 0.25) is 5.16 Å². The topological polar surface area (TPSA) is 34.1 Å². The van der Waals surface area contributed by atoms with Gasteiger partial charge < -0.3 is 0 Å². The van der Waals surface area contributed by atoms with Gasteiger partial charge in [-0.25, -0.2) is 0 Å². The molecule has 1 rings (SSSR count). The summed E-state index contributed by atoms with van der Waals surface area (Å²) >= 11 is 0. The second-order valence-corrected chi connectivity index (χ2v) is 4.84. The summed E-state index contributed by atoms with van der Waals surface area (Å²) in [6, 6.07) is 11.2. The molecule has 0 saturated heterocycles. The van der Waals surface area contributed by atoms with Gasteiger partial charge in [0.15, 0.2) is 5.43 Å². The largest absolute Gasteiger partial charge is 0.290 e. The van der Waals surface area contributed by atoms with Crippen LogP contribution in [0.1, 0.15) is 0 Å². The fourth-order valence-electron chi connectivity index (χ4n) is 0.702. The molecule has 0 amide bonds. The molecule has 0 unspecified atom stereocenters. The smallest absolute Gasteiger partial charge is 0.208 e. The van der Waals surface area contributed by atoms with E-state index in [1.54, 1.807) is 30.1 Å². The van der Waals surface area contributed by atoms with Crippen LogP contribution in [-0.2, 0) is 0 Å². The van der Waals surface area contributed by atoms with Crippen molar-refractivity contribution in [2.75, 3.05) is 0 Å². The van der Waals surface area contributed by atoms with Crippen LogP contribution in [0.5, 0.6) is 0 Å². The van der Waals surface area contributed by atoms with Crippen LogP contribution in [0.25, 0.3) is 0 Å². The molecule has 0 spiro atoms. The lowest BCUT2D eigenvalue weighted by Crippen LogP contribution is -1.88. The van der Waals surface area contributed by atoms with Crippen molar-refractivity contribution in [3.05, 3.63) is 68.4 Å². The summed E-state index contributed by atoms with van der Waals surface area (Å²) in [4.78, 5) is 22.2. The highest BCUT2D eigenvalue weighted by atomic mass is 31.8. The zero-order valence-electron chi connectivity index (χ0n) is 7.33. The monoisotopic (exact) mass is 222 g/mol. The molecule has 0 aromatic carbocycles. The molecule has 1 aromatic rings. The van der Waals surface area contributed by atoms with Crippen molar-refractivity contribution in [1.29, 1.82) is 0 Å². The summed E-state index contributed by atoms with van der Waals surface area (Å²) in [7, 11) is 1.49. The Hall–Kier alpha value is -1.10. The highest BCUT2D eigenvalue weighted by molar-refractivity contribution is 7.89. The molecule has 14 heavy (non-hydrogen) atoms. The van der Waals surface area contributed by atoms with Gasteiger partial charge in [-0.1, -0.05) is 24.3 Å². The summed E-state index contributed by atoms with van der Waals surface area (Å²) in [6.07, 6.45) is 0. The molecular formula is C10H8O2P2. The Balaban J connectivity index is 3.35. The molecule has 0 N–H and O–H groups in total. The maximum atomic E-state index is 11.1. The molecule has 1 heterocycles. The average Bonchev–Trinajstić information content (AvgIpc) is 2.16. The molecule has 0 radical (unpaired) electrons. The van der Waals surface area contributed by atoms with Gasteiger partial charge in [-0.3, -0.25) is 9.59 Å². The fourth-order valence-corrected chi connectivity index (χ4v) is 2.19. The van der Waals surface area contributed by atoms with E-state index in [-0.39, 0.29) is 10.6 Å². The van der Waals surface area contributed by atoms with E-state index in [9.17, 15) is 9.59 Å². The van der Waals surface area contributed by atoms with E-state index in [0.717, 1.165) is 7.87 Å². The Labute approximate surface area is 84.7 Å². The van der Waals surface area contributed by atoms with Gasteiger partial charge in [-0.05, 0) is 31.9 Å². The van der Waals surface area contributed by atoms with Crippen LogP contribution in [0.3, 0.4) is 0 Å². The second-order valence-electron chi connectivity index (χ2n) is 2.37. The van der Waals surface area contributed by atoms with Crippen LogP contribution in [-0.4, -0.2) is 0 Å². The fraction of sp³-hybridized carbons (Fsp3) is 0. The molecule has 0 atom stereocenters. The number of rotatable bonds is 0. The van der Waals surface area contributed by atoms with Gasteiger partial charge >= 0.3 is 0 Å². The van der Waals surface area contributed by atoms with Gasteiger partial charge in [-0.15, -0.1) is 0 Å². The van der Waals surface area contributed by atoms with E-state index in [4.69, 9.17) is 0 Å². The van der Waals surface area contributed by atoms with E-state index in [0.29, 0.717) is 7.87 Å². The second kappa shape index (κ2) is 6.37. The predicted molar refractivity (Wildman–Crippen MR) is 61.6 cm³/mol. The van der Waals surface area contributed by atoms with Crippen molar-refractivity contribution in [2.45, 2.75) is 0 Å². The zero-order chi connectivity index (χ0) is 10.2. The SMILES string of the molecule is O=c1ccccccc(=O)ppcc1. The van der Waals surface area contributed by atoms with Crippen molar-refractivity contribution in [3.8, 4) is 0 Å². The van der Waals surface area contributed by atoms with Gasteiger partial charge in [0.1, 0.15) is 0 Å². The van der Waals surface area contributed by atoms with Gasteiger partial charge in [0.05, 0.1) is 0 Å². The lowest BCUT2D eigenvalue weighted by Gasteiger charge is -1.69. The average molecular weight is 222 g/mol. The van der Waals surface area contributed by atoms with Crippen molar-refractivity contribution in [2.24, 2.45) is 0 Å². The molecule has 0 bridgehead atoms. The third-order valence-corrected chi connectivity index (χ3v) is 3.38. The highest BCUT2D eigenvalue weighted by Gasteiger charge is 1.72. The predicted octanol–water partition coefficient (Wildman–Crippen LogP) is 2.69. The van der Waals surface area contributed by atoms with E-state index >= 15 is 0 Å². The van der Waals surface area contributed by atoms with Crippen LogP contribution in [0.4, 0.5) is 0 Å². The van der Waals surface area contributed by atoms with E-state index in [1.807, 2.05) is 0 Å². The minimum absolute atomic E-state index is 0.0398. The Morgan fingerprint density at radius 1 is 0.857 bits per heavy atom. The van der Waals surface area contributed by atoms with E-state index in [2.05, 4.69) is 0 Å². The Kier molecular flexibility index (Phi) is 4.99. The quantitative estimate of drug-likeness (QED) is 0.676. The summed E-state index contributed by atoms with van der Waals surface area (Å²) in [5.41, 5.74) is -0.0608. The standard InChI is InChI=1S/C10H8O2P2/c11-9-5-3-1-2-4-6-10(12)14-13-8-7-9/h1-8H. The van der Waals surface area contributed by atoms with E-state index in [1.165, 1.54) is 18.2 Å². The summed E-state index contributed by atoms with van der Waals surface area (Å²) in [6.45, 7) is 0. The normalized spacial score (nSPS) is 9.71. The first-order valence-electron chi connectivity index (χ1n) is 3.96. The first kappa shape index (κ1) is 11.0. The first-order valence-corrected chi connectivity index (χ1v) is 6.52. The Morgan fingerprint density at radius 3 is 2.36 bits per heavy atom. The van der Waals surface area contributed by atoms with Crippen LogP contribution >= 0.6 is 15.7 Å². The van der Waals surface area contributed by atoms with Gasteiger partial charge in [-0.2, -0.15) is 0 Å². The lowest BCUT2D eigenvalue weighted by molar-refractivity contribution is 1.65. The molecular weight excluding hydrogens is 214 g/mol. The molecule has 0 fully saturated rings. The van der Waals surface area contributed by atoms with Crippen molar-refractivity contribution < 1.29 is 0 Å². The molecule has 2 nitrogen and oxygen atoms in total. The van der Waals surface area contributed by atoms with Crippen molar-refractivity contribution in [1.82, 2.24) is 0 Å². The Morgan fingerprint density at radius 2 is 1.57 bits per heavy atom. The molecule has 1 aromatic heterocycles. The maximum absolute atomic E-state index is 11.1. The minimum atomic E-state index is -0.0608. The Bertz CT molecular complexity index is 428. The number of hydrogen-bond donors (Lipinski definition) is 0. The zero-order valence-corrected chi connectivity index (χ0v) is 9.12. The third-order valence-electron chi connectivity index (χ3n) is 1.29. The molecule has 4 heteroatoms. The maximum Gasteiger partial charge on any atom is 0.208 e. The molecule has 0 aliphatic rings. The first-order chi connectivity index (χ1) is 6.79. The van der Waals surface area contributed by atoms with Crippen LogP contribution in [0.15, 0.2) is 57.9 Å². The molecule has 70 valence electrons. The summed E-state index contributed by atoms with van der Waals surface area (Å²) in [5, 5.41) is 0.0398. The van der Waals surface area contributed by atoms with Gasteiger partial charge in [0.25, 0.3) is 0 Å². The van der Waals surface area contributed by atoms with Crippen LogP contribution in [0, 0.1) is 0 Å². The molecule has 0 aliphatic carbocycles. The summed E-state index contributed by atoms with van der Waals surface area (Å²) in [5.74, 6) is 1.69. The molecule has 0 aliphatic heterocycles. The minimum Gasteiger partial charge on any atom is -0.290 e. The third kappa shape index (κ3) is 4.81. The van der Waals surface area contributed by atoms with Crippen LogP contribution < -0.4 is 10.6 Å². The summed E-state index contributed by atoms with van der Waals surface area (Å²) < 4.78 is 0. The number of hydrogen-bond acceptors (Lipinski definition) is 2. The van der Waals surface area contributed by atoms with E-state index < -0.39 is 0 Å². The van der Waals surface area contributed by atoms with Gasteiger partial charge in [0, 0.05) is 7.87 Å². The molecule has 0 saturated carbocycles. The highest BCUT2D eigenvalue weighted by Crippen LogP contribution is 2.06. The van der Waals surface area contributed by atoms with Crippen molar-refractivity contribution >= 4 is 15.7 Å². The lowest BCUT2D eigenvalue weighted by atomic mass is 10.4. The van der Waals surface area contributed by atoms with Crippen molar-refractivity contribution in [3.63, 3.8) is 0 Å².